The molecule has 0 radical (unpaired) electrons. The van der Waals surface area contributed by atoms with Crippen molar-refractivity contribution in [1.29, 1.82) is 0 Å². The molecule has 1 heteroatoms. The minimum Gasteiger partial charge on any atom is -0.310 e. The third-order valence-electron chi connectivity index (χ3n) is 13.8. The molecule has 280 valence electrons. The SMILES string of the molecule is CC1(C)c2ccccc2-c2cccc(-c3cccc(N(c4cccc(-c5cccc6c5C(C)(C)c5ccccc5-6)c4)c4cccc5c4C(C)(C)c4ccccc4-5)c3)c21. The van der Waals surface area contributed by atoms with Crippen LogP contribution >= 0.6 is 0 Å². The Morgan fingerprint density at radius 3 is 1.07 bits per heavy atom. The Bertz CT molecular complexity index is 2840. The molecule has 0 atom stereocenters. The van der Waals surface area contributed by atoms with Crippen molar-refractivity contribution in [3.05, 3.63) is 209 Å². The summed E-state index contributed by atoms with van der Waals surface area (Å²) >= 11 is 0. The monoisotopic (exact) mass is 745 g/mol. The van der Waals surface area contributed by atoms with Crippen LogP contribution in [-0.2, 0) is 16.2 Å². The van der Waals surface area contributed by atoms with E-state index in [0.717, 1.165) is 11.4 Å². The lowest BCUT2D eigenvalue weighted by Crippen LogP contribution is -2.21. The second-order valence-electron chi connectivity index (χ2n) is 18.1. The molecule has 0 saturated carbocycles. The van der Waals surface area contributed by atoms with Gasteiger partial charge in [-0.1, -0.05) is 187 Å². The van der Waals surface area contributed by atoms with E-state index in [9.17, 15) is 0 Å². The molecule has 0 spiro atoms. The Kier molecular flexibility index (Phi) is 7.36. The maximum atomic E-state index is 2.53. The Balaban J connectivity index is 1.13. The molecule has 0 heterocycles. The molecule has 3 aliphatic carbocycles. The van der Waals surface area contributed by atoms with Crippen LogP contribution in [0.3, 0.4) is 0 Å². The molecule has 0 aromatic heterocycles. The quantitative estimate of drug-likeness (QED) is 0.170. The van der Waals surface area contributed by atoms with Crippen LogP contribution in [0.4, 0.5) is 17.1 Å². The van der Waals surface area contributed by atoms with Crippen molar-refractivity contribution in [2.24, 2.45) is 0 Å². The Labute approximate surface area is 343 Å². The van der Waals surface area contributed by atoms with Crippen LogP contribution in [0.25, 0.3) is 55.6 Å². The summed E-state index contributed by atoms with van der Waals surface area (Å²) in [5.41, 5.74) is 24.5. The van der Waals surface area contributed by atoms with E-state index in [1.165, 1.54) is 94.7 Å². The summed E-state index contributed by atoms with van der Waals surface area (Å²) in [4.78, 5) is 2.53. The van der Waals surface area contributed by atoms with Gasteiger partial charge in [-0.15, -0.1) is 0 Å². The number of hydrogen-bond donors (Lipinski definition) is 0. The van der Waals surface area contributed by atoms with Crippen LogP contribution in [0, 0.1) is 0 Å². The van der Waals surface area contributed by atoms with Crippen LogP contribution in [0.5, 0.6) is 0 Å². The minimum atomic E-state index is -0.192. The molecule has 0 fully saturated rings. The van der Waals surface area contributed by atoms with Crippen LogP contribution in [0.2, 0.25) is 0 Å². The molecular weight excluding hydrogens is 699 g/mol. The van der Waals surface area contributed by atoms with E-state index in [2.05, 4.69) is 222 Å². The number of rotatable bonds is 5. The largest absolute Gasteiger partial charge is 0.310 e. The molecule has 0 amide bonds. The van der Waals surface area contributed by atoms with Crippen LogP contribution < -0.4 is 4.90 Å². The lowest BCUT2D eigenvalue weighted by atomic mass is 9.78. The van der Waals surface area contributed by atoms with Gasteiger partial charge in [-0.3, -0.25) is 0 Å². The second-order valence-corrected chi connectivity index (χ2v) is 18.1. The summed E-state index contributed by atoms with van der Waals surface area (Å²) in [5, 5.41) is 0. The van der Waals surface area contributed by atoms with E-state index in [1.54, 1.807) is 0 Å². The van der Waals surface area contributed by atoms with Gasteiger partial charge in [-0.05, 0) is 119 Å². The van der Waals surface area contributed by atoms with Gasteiger partial charge < -0.3 is 4.90 Å². The first-order chi connectivity index (χ1) is 28.1. The smallest absolute Gasteiger partial charge is 0.0508 e. The molecule has 58 heavy (non-hydrogen) atoms. The zero-order valence-corrected chi connectivity index (χ0v) is 34.2. The van der Waals surface area contributed by atoms with Crippen molar-refractivity contribution in [2.45, 2.75) is 57.8 Å². The van der Waals surface area contributed by atoms with Gasteiger partial charge >= 0.3 is 0 Å². The highest BCUT2D eigenvalue weighted by atomic mass is 15.1. The average molecular weight is 746 g/mol. The summed E-state index contributed by atoms with van der Waals surface area (Å²) in [6.07, 6.45) is 0. The van der Waals surface area contributed by atoms with Crippen molar-refractivity contribution in [3.63, 3.8) is 0 Å². The normalized spacial score (nSPS) is 15.5. The van der Waals surface area contributed by atoms with Crippen molar-refractivity contribution in [2.75, 3.05) is 4.90 Å². The van der Waals surface area contributed by atoms with Crippen molar-refractivity contribution in [3.8, 4) is 55.6 Å². The van der Waals surface area contributed by atoms with Crippen LogP contribution in [-0.4, -0.2) is 0 Å². The number of benzene rings is 8. The predicted molar refractivity (Wildman–Crippen MR) is 245 cm³/mol. The maximum absolute atomic E-state index is 2.53. The van der Waals surface area contributed by atoms with Gasteiger partial charge in [-0.25, -0.2) is 0 Å². The Hall–Kier alpha value is -6.44. The van der Waals surface area contributed by atoms with E-state index in [4.69, 9.17) is 0 Å². The molecule has 0 saturated heterocycles. The first-order valence-electron chi connectivity index (χ1n) is 20.8. The fourth-order valence-electron chi connectivity index (χ4n) is 11.2. The number of anilines is 3. The minimum absolute atomic E-state index is 0.119. The summed E-state index contributed by atoms with van der Waals surface area (Å²) < 4.78 is 0. The van der Waals surface area contributed by atoms with Crippen molar-refractivity contribution >= 4 is 17.1 Å². The third-order valence-corrected chi connectivity index (χ3v) is 13.8. The van der Waals surface area contributed by atoms with Gasteiger partial charge in [-0.2, -0.15) is 0 Å². The van der Waals surface area contributed by atoms with E-state index < -0.39 is 0 Å². The zero-order valence-electron chi connectivity index (χ0n) is 34.2. The fraction of sp³-hybridized carbons (Fsp3) is 0.158. The van der Waals surface area contributed by atoms with Gasteiger partial charge in [0.15, 0.2) is 0 Å². The van der Waals surface area contributed by atoms with Crippen LogP contribution in [0.1, 0.15) is 74.9 Å². The lowest BCUT2D eigenvalue weighted by molar-refractivity contribution is 0.660. The molecule has 11 rings (SSSR count). The number of hydrogen-bond acceptors (Lipinski definition) is 1. The van der Waals surface area contributed by atoms with Gasteiger partial charge in [0.25, 0.3) is 0 Å². The van der Waals surface area contributed by atoms with E-state index in [0.29, 0.717) is 0 Å². The summed E-state index contributed by atoms with van der Waals surface area (Å²) in [6, 6.07) is 66.1. The van der Waals surface area contributed by atoms with Gasteiger partial charge in [0.05, 0.1) is 5.69 Å². The van der Waals surface area contributed by atoms with E-state index >= 15 is 0 Å². The molecule has 0 N–H and O–H groups in total. The molecule has 8 aromatic carbocycles. The summed E-state index contributed by atoms with van der Waals surface area (Å²) in [6.45, 7) is 14.3. The first-order valence-corrected chi connectivity index (χ1v) is 20.8. The topological polar surface area (TPSA) is 3.24 Å². The molecule has 3 aliphatic rings. The Morgan fingerprint density at radius 2 is 0.621 bits per heavy atom. The summed E-state index contributed by atoms with van der Waals surface area (Å²) in [7, 11) is 0. The molecular formula is C57H47N. The Morgan fingerprint density at radius 1 is 0.293 bits per heavy atom. The lowest BCUT2D eigenvalue weighted by Gasteiger charge is -2.33. The van der Waals surface area contributed by atoms with Gasteiger partial charge in [0.2, 0.25) is 0 Å². The number of nitrogens with zero attached hydrogens (tertiary/aromatic N) is 1. The second kappa shape index (κ2) is 12.3. The standard InChI is InChI=1S/C57H47N/c1-55(2)48-30-10-7-22-42(48)45-27-15-25-40(52(45)55)36-18-13-20-38(34-36)58(51-33-17-29-47-44-24-9-12-32-50(44)57(5,6)54(47)51)39-21-14-19-37(35-39)41-26-16-28-46-43-23-8-11-31-49(43)56(3,4)53(41)46/h7-35H,1-6H3. The maximum Gasteiger partial charge on any atom is 0.0508 e. The number of fused-ring (bicyclic) bond motifs is 9. The summed E-state index contributed by atoms with van der Waals surface area (Å²) in [5.74, 6) is 0. The molecule has 0 aliphatic heterocycles. The average Bonchev–Trinajstić information content (AvgIpc) is 3.74. The molecule has 0 unspecified atom stereocenters. The van der Waals surface area contributed by atoms with E-state index in [-0.39, 0.29) is 16.2 Å². The molecule has 0 bridgehead atoms. The van der Waals surface area contributed by atoms with E-state index in [1.807, 2.05) is 0 Å². The van der Waals surface area contributed by atoms with Crippen LogP contribution in [0.15, 0.2) is 176 Å². The highest BCUT2D eigenvalue weighted by Crippen LogP contribution is 2.57. The third kappa shape index (κ3) is 4.77. The predicted octanol–water partition coefficient (Wildman–Crippen LogP) is 15.4. The van der Waals surface area contributed by atoms with Crippen molar-refractivity contribution < 1.29 is 0 Å². The molecule has 1 nitrogen and oxygen atoms in total. The van der Waals surface area contributed by atoms with Gasteiger partial charge in [0.1, 0.15) is 0 Å². The molecule has 8 aromatic rings. The highest BCUT2D eigenvalue weighted by Gasteiger charge is 2.41. The zero-order chi connectivity index (χ0) is 39.6. The fourth-order valence-corrected chi connectivity index (χ4v) is 11.2. The van der Waals surface area contributed by atoms with Gasteiger partial charge in [0, 0.05) is 27.6 Å². The highest BCUT2D eigenvalue weighted by molar-refractivity contribution is 5.94. The first kappa shape index (κ1) is 34.8. The van der Waals surface area contributed by atoms with Crippen molar-refractivity contribution in [1.82, 2.24) is 0 Å².